The molecule has 160 valence electrons. The predicted octanol–water partition coefficient (Wildman–Crippen LogP) is 3.37. The van der Waals surface area contributed by atoms with Gasteiger partial charge in [-0.25, -0.2) is 18.5 Å². The Labute approximate surface area is 177 Å². The van der Waals surface area contributed by atoms with Gasteiger partial charge in [0.1, 0.15) is 0 Å². The first-order valence-corrected chi connectivity index (χ1v) is 12.8. The Kier molecular flexibility index (Phi) is 7.23. The molecule has 3 rings (SSSR count). The van der Waals surface area contributed by atoms with E-state index in [9.17, 15) is 13.2 Å². The Bertz CT molecular complexity index is 966. The van der Waals surface area contributed by atoms with Gasteiger partial charge in [0.05, 0.1) is 21.7 Å². The Morgan fingerprint density at radius 2 is 2.03 bits per heavy atom. The van der Waals surface area contributed by atoms with Gasteiger partial charge in [0, 0.05) is 19.6 Å². The maximum atomic E-state index is 12.7. The lowest BCUT2D eigenvalue weighted by molar-refractivity contribution is -0.129. The fourth-order valence-electron chi connectivity index (χ4n) is 3.81. The van der Waals surface area contributed by atoms with Gasteiger partial charge in [-0.15, -0.1) is 0 Å². The second kappa shape index (κ2) is 9.49. The van der Waals surface area contributed by atoms with Crippen LogP contribution in [0.3, 0.4) is 0 Å². The molecule has 9 heteroatoms. The zero-order valence-electron chi connectivity index (χ0n) is 17.1. The molecule has 1 fully saturated rings. The number of nitrogens with zero attached hydrogens (tertiary/aromatic N) is 3. The number of primary sulfonamides is 1. The molecule has 1 aromatic heterocycles. The third kappa shape index (κ3) is 5.32. The first-order chi connectivity index (χ1) is 13.8. The molecule has 1 aromatic carbocycles. The number of rotatable bonds is 8. The Morgan fingerprint density at radius 3 is 2.69 bits per heavy atom. The molecule has 1 heterocycles. The van der Waals surface area contributed by atoms with Crippen molar-refractivity contribution < 1.29 is 13.2 Å². The van der Waals surface area contributed by atoms with Crippen LogP contribution in [-0.4, -0.2) is 47.6 Å². The number of amides is 1. The molecule has 2 N–H and O–H groups in total. The van der Waals surface area contributed by atoms with Crippen LogP contribution in [0.4, 0.5) is 0 Å². The van der Waals surface area contributed by atoms with E-state index in [2.05, 4.69) is 16.5 Å². The van der Waals surface area contributed by atoms with E-state index in [1.54, 1.807) is 6.07 Å². The highest BCUT2D eigenvalue weighted by Gasteiger charge is 2.23. The number of carbonyl (C=O) groups is 1. The van der Waals surface area contributed by atoms with E-state index in [-0.39, 0.29) is 10.8 Å². The van der Waals surface area contributed by atoms with Crippen molar-refractivity contribution in [1.82, 2.24) is 14.5 Å². The molecule has 0 saturated heterocycles. The number of hydrogen-bond donors (Lipinski definition) is 1. The van der Waals surface area contributed by atoms with Gasteiger partial charge < -0.3 is 9.47 Å². The quantitative estimate of drug-likeness (QED) is 0.637. The summed E-state index contributed by atoms with van der Waals surface area (Å²) in [5.74, 6) is 0.436. The molecule has 0 aliphatic heterocycles. The average Bonchev–Trinajstić information content (AvgIpc) is 3.06. The number of nitrogens with two attached hydrogens (primary N) is 1. The van der Waals surface area contributed by atoms with Crippen molar-refractivity contribution in [2.24, 2.45) is 5.14 Å². The molecule has 1 saturated carbocycles. The van der Waals surface area contributed by atoms with Gasteiger partial charge in [-0.05, 0) is 37.5 Å². The van der Waals surface area contributed by atoms with Gasteiger partial charge in [0.2, 0.25) is 15.9 Å². The molecule has 1 aliphatic carbocycles. The van der Waals surface area contributed by atoms with E-state index in [1.807, 2.05) is 11.9 Å². The molecular weight excluding hydrogens is 408 g/mol. The van der Waals surface area contributed by atoms with Gasteiger partial charge in [-0.3, -0.25) is 4.79 Å². The lowest BCUT2D eigenvalue weighted by Gasteiger charge is -2.31. The summed E-state index contributed by atoms with van der Waals surface area (Å²) in [6.07, 6.45) is 7.81. The van der Waals surface area contributed by atoms with E-state index in [0.29, 0.717) is 17.3 Å². The highest BCUT2D eigenvalue weighted by molar-refractivity contribution is 7.99. The summed E-state index contributed by atoms with van der Waals surface area (Å²) in [5, 5.41) is 6.00. The SMILES string of the molecule is CCCCn1c(SCC(=O)N(C)C2CCCCC2)nc2cc(S(N)(=O)=O)ccc21. The van der Waals surface area contributed by atoms with Crippen LogP contribution < -0.4 is 5.14 Å². The minimum atomic E-state index is -3.78. The van der Waals surface area contributed by atoms with E-state index < -0.39 is 10.0 Å². The molecule has 1 amide bonds. The molecule has 0 bridgehead atoms. The largest absolute Gasteiger partial charge is 0.342 e. The van der Waals surface area contributed by atoms with E-state index in [0.717, 1.165) is 42.9 Å². The van der Waals surface area contributed by atoms with Gasteiger partial charge in [0.15, 0.2) is 5.16 Å². The number of carbonyl (C=O) groups excluding carboxylic acids is 1. The fourth-order valence-corrected chi connectivity index (χ4v) is 5.31. The van der Waals surface area contributed by atoms with Crippen LogP contribution in [0.1, 0.15) is 51.9 Å². The minimum absolute atomic E-state index is 0.0507. The number of unbranched alkanes of at least 4 members (excludes halogenated alkanes) is 1. The summed E-state index contributed by atoms with van der Waals surface area (Å²) in [6.45, 7) is 2.89. The molecule has 29 heavy (non-hydrogen) atoms. The van der Waals surface area contributed by atoms with Crippen LogP contribution in [0, 0.1) is 0 Å². The highest BCUT2D eigenvalue weighted by Crippen LogP contribution is 2.28. The molecular formula is C20H30N4O3S2. The predicted molar refractivity (Wildman–Crippen MR) is 116 cm³/mol. The topological polar surface area (TPSA) is 98.3 Å². The molecule has 0 radical (unpaired) electrons. The van der Waals surface area contributed by atoms with Crippen LogP contribution in [0.2, 0.25) is 0 Å². The first-order valence-electron chi connectivity index (χ1n) is 10.2. The van der Waals surface area contributed by atoms with E-state index in [4.69, 9.17) is 5.14 Å². The molecule has 0 unspecified atom stereocenters. The summed E-state index contributed by atoms with van der Waals surface area (Å²) < 4.78 is 25.4. The Hall–Kier alpha value is -1.58. The van der Waals surface area contributed by atoms with Crippen molar-refractivity contribution in [2.45, 2.75) is 74.5 Å². The van der Waals surface area contributed by atoms with Crippen LogP contribution in [-0.2, 0) is 21.4 Å². The fraction of sp³-hybridized carbons (Fsp3) is 0.600. The minimum Gasteiger partial charge on any atom is -0.342 e. The lowest BCUT2D eigenvalue weighted by atomic mass is 9.94. The Morgan fingerprint density at radius 1 is 1.31 bits per heavy atom. The normalized spacial score (nSPS) is 15.7. The average molecular weight is 439 g/mol. The summed E-state index contributed by atoms with van der Waals surface area (Å²) >= 11 is 1.42. The van der Waals surface area contributed by atoms with Crippen molar-refractivity contribution >= 4 is 38.7 Å². The molecule has 0 spiro atoms. The van der Waals surface area contributed by atoms with Gasteiger partial charge >= 0.3 is 0 Å². The summed E-state index contributed by atoms with van der Waals surface area (Å²) in [5.41, 5.74) is 1.45. The highest BCUT2D eigenvalue weighted by atomic mass is 32.2. The monoisotopic (exact) mass is 438 g/mol. The third-order valence-corrected chi connectivity index (χ3v) is 7.46. The number of hydrogen-bond acceptors (Lipinski definition) is 5. The van der Waals surface area contributed by atoms with E-state index >= 15 is 0 Å². The van der Waals surface area contributed by atoms with Crippen LogP contribution in [0.5, 0.6) is 0 Å². The number of thioether (sulfide) groups is 1. The van der Waals surface area contributed by atoms with Crippen LogP contribution in [0.25, 0.3) is 11.0 Å². The Balaban J connectivity index is 1.80. The van der Waals surface area contributed by atoms with Gasteiger partial charge in [0.25, 0.3) is 0 Å². The second-order valence-electron chi connectivity index (χ2n) is 7.68. The number of benzene rings is 1. The van der Waals surface area contributed by atoms with Crippen molar-refractivity contribution in [2.75, 3.05) is 12.8 Å². The maximum absolute atomic E-state index is 12.7. The zero-order valence-corrected chi connectivity index (χ0v) is 18.8. The number of fused-ring (bicyclic) bond motifs is 1. The zero-order chi connectivity index (χ0) is 21.0. The second-order valence-corrected chi connectivity index (χ2v) is 10.2. The van der Waals surface area contributed by atoms with Crippen LogP contribution in [0.15, 0.2) is 28.3 Å². The summed E-state index contributed by atoms with van der Waals surface area (Å²) in [6, 6.07) is 5.11. The maximum Gasteiger partial charge on any atom is 0.238 e. The smallest absolute Gasteiger partial charge is 0.238 e. The van der Waals surface area contributed by atoms with E-state index in [1.165, 1.54) is 43.2 Å². The molecule has 1 aliphatic rings. The van der Waals surface area contributed by atoms with Crippen molar-refractivity contribution in [1.29, 1.82) is 0 Å². The summed E-state index contributed by atoms with van der Waals surface area (Å²) in [7, 11) is -1.88. The van der Waals surface area contributed by atoms with Gasteiger partial charge in [-0.1, -0.05) is 44.4 Å². The summed E-state index contributed by atoms with van der Waals surface area (Å²) in [4.78, 5) is 19.3. The third-order valence-electron chi connectivity index (χ3n) is 5.59. The van der Waals surface area contributed by atoms with Crippen molar-refractivity contribution in [3.8, 4) is 0 Å². The van der Waals surface area contributed by atoms with Crippen molar-refractivity contribution in [3.05, 3.63) is 18.2 Å². The molecule has 0 atom stereocenters. The number of aromatic nitrogens is 2. The standard InChI is InChI=1S/C20H30N4O3S2/c1-3-4-12-24-18-11-10-16(29(21,26)27)13-17(18)22-20(24)28-14-19(25)23(2)15-8-6-5-7-9-15/h10-11,13,15H,3-9,12,14H2,1-2H3,(H2,21,26,27). The van der Waals surface area contributed by atoms with Gasteiger partial charge in [-0.2, -0.15) is 0 Å². The number of imidazole rings is 1. The number of aryl methyl sites for hydroxylation is 1. The molecule has 2 aromatic rings. The van der Waals surface area contributed by atoms with Crippen molar-refractivity contribution in [3.63, 3.8) is 0 Å². The number of sulfonamides is 1. The molecule has 7 nitrogen and oxygen atoms in total. The first kappa shape index (κ1) is 22.1. The lowest BCUT2D eigenvalue weighted by Crippen LogP contribution is -2.39. The van der Waals surface area contributed by atoms with Crippen LogP contribution >= 0.6 is 11.8 Å².